The van der Waals surface area contributed by atoms with Crippen molar-refractivity contribution >= 4 is 12.6 Å². The van der Waals surface area contributed by atoms with Gasteiger partial charge in [0.15, 0.2) is 0 Å². The lowest BCUT2D eigenvalue weighted by Crippen LogP contribution is -2.37. The van der Waals surface area contributed by atoms with Gasteiger partial charge in [-0.1, -0.05) is 19.3 Å². The van der Waals surface area contributed by atoms with Crippen molar-refractivity contribution < 1.29 is 0 Å². The Hall–Kier alpha value is 0.310. The molecule has 1 unspecified atom stereocenters. The molecule has 0 aromatic heterocycles. The molecule has 1 rings (SSSR count). The number of rotatable bonds is 6. The Bertz CT molecular complexity index is 138. The second kappa shape index (κ2) is 7.58. The lowest BCUT2D eigenvalue weighted by atomic mass is 10.0. The molecule has 0 radical (unpaired) electrons. The molecule has 1 nitrogen and oxygen atoms in total. The lowest BCUT2D eigenvalue weighted by molar-refractivity contribution is 0.158. The van der Waals surface area contributed by atoms with Gasteiger partial charge < -0.3 is 4.90 Å². The quantitative estimate of drug-likeness (QED) is 0.525. The highest BCUT2D eigenvalue weighted by Crippen LogP contribution is 2.17. The van der Waals surface area contributed by atoms with Crippen molar-refractivity contribution in [2.75, 3.05) is 18.8 Å². The van der Waals surface area contributed by atoms with Crippen molar-refractivity contribution in [1.82, 2.24) is 4.90 Å². The van der Waals surface area contributed by atoms with E-state index in [4.69, 9.17) is 0 Å². The molecule has 0 aromatic carbocycles. The zero-order chi connectivity index (χ0) is 10.2. The first-order valence-corrected chi connectivity index (χ1v) is 6.82. The molecule has 0 aliphatic carbocycles. The van der Waals surface area contributed by atoms with Crippen molar-refractivity contribution in [2.45, 2.75) is 57.9 Å². The Labute approximate surface area is 94.7 Å². The molecule has 1 atom stereocenters. The van der Waals surface area contributed by atoms with Crippen LogP contribution in [0.4, 0.5) is 0 Å². The van der Waals surface area contributed by atoms with E-state index >= 15 is 0 Å². The minimum atomic E-state index is 0.841. The van der Waals surface area contributed by atoms with Crippen molar-refractivity contribution in [3.05, 3.63) is 0 Å². The van der Waals surface area contributed by atoms with Crippen LogP contribution in [0, 0.1) is 0 Å². The minimum Gasteiger partial charge on any atom is -0.301 e. The fourth-order valence-electron chi connectivity index (χ4n) is 2.27. The number of piperidine rings is 1. The van der Waals surface area contributed by atoms with Gasteiger partial charge in [0.25, 0.3) is 0 Å². The van der Waals surface area contributed by atoms with Crippen LogP contribution in [0.5, 0.6) is 0 Å². The first-order valence-electron chi connectivity index (χ1n) is 6.19. The molecule has 1 heterocycles. The van der Waals surface area contributed by atoms with Gasteiger partial charge in [0, 0.05) is 6.04 Å². The molecule has 0 N–H and O–H groups in total. The molecule has 0 bridgehead atoms. The topological polar surface area (TPSA) is 3.24 Å². The summed E-state index contributed by atoms with van der Waals surface area (Å²) in [5, 5.41) is 0. The smallest absolute Gasteiger partial charge is 0.00669 e. The van der Waals surface area contributed by atoms with Crippen LogP contribution in [0.15, 0.2) is 0 Å². The summed E-state index contributed by atoms with van der Waals surface area (Å²) in [5.74, 6) is 1.06. The van der Waals surface area contributed by atoms with Crippen LogP contribution in [0.2, 0.25) is 0 Å². The van der Waals surface area contributed by atoms with E-state index in [-0.39, 0.29) is 0 Å². The summed E-state index contributed by atoms with van der Waals surface area (Å²) in [5.41, 5.74) is 0. The maximum Gasteiger partial charge on any atom is 0.00669 e. The zero-order valence-corrected chi connectivity index (χ0v) is 10.4. The average molecular weight is 215 g/mol. The Morgan fingerprint density at radius 3 is 2.64 bits per heavy atom. The summed E-state index contributed by atoms with van der Waals surface area (Å²) in [7, 11) is 0. The molecule has 0 aromatic rings. The molecule has 0 spiro atoms. The SMILES string of the molecule is CC1CCCCN1CCCCCCS. The monoisotopic (exact) mass is 215 g/mol. The van der Waals surface area contributed by atoms with E-state index in [0.717, 1.165) is 11.8 Å². The fourth-order valence-corrected chi connectivity index (χ4v) is 2.49. The fraction of sp³-hybridized carbons (Fsp3) is 1.00. The van der Waals surface area contributed by atoms with Gasteiger partial charge in [0.1, 0.15) is 0 Å². The predicted octanol–water partition coefficient (Wildman–Crippen LogP) is 3.35. The maximum absolute atomic E-state index is 4.23. The lowest BCUT2D eigenvalue weighted by Gasteiger charge is -2.33. The maximum atomic E-state index is 4.23. The highest BCUT2D eigenvalue weighted by atomic mass is 32.1. The molecular weight excluding hydrogens is 190 g/mol. The first-order chi connectivity index (χ1) is 6.84. The second-order valence-corrected chi connectivity index (χ2v) is 4.97. The molecule has 1 saturated heterocycles. The van der Waals surface area contributed by atoms with Gasteiger partial charge in [-0.2, -0.15) is 12.6 Å². The van der Waals surface area contributed by atoms with Gasteiger partial charge >= 0.3 is 0 Å². The summed E-state index contributed by atoms with van der Waals surface area (Å²) < 4.78 is 0. The number of likely N-dealkylation sites (tertiary alicyclic amines) is 1. The van der Waals surface area contributed by atoms with Gasteiger partial charge in [-0.3, -0.25) is 0 Å². The number of thiol groups is 1. The van der Waals surface area contributed by atoms with Gasteiger partial charge in [0.05, 0.1) is 0 Å². The van der Waals surface area contributed by atoms with Crippen LogP contribution in [-0.4, -0.2) is 29.8 Å². The van der Waals surface area contributed by atoms with E-state index in [1.807, 2.05) is 0 Å². The van der Waals surface area contributed by atoms with Gasteiger partial charge in [-0.15, -0.1) is 0 Å². The molecule has 14 heavy (non-hydrogen) atoms. The van der Waals surface area contributed by atoms with Crippen LogP contribution in [0.25, 0.3) is 0 Å². The summed E-state index contributed by atoms with van der Waals surface area (Å²) in [4.78, 5) is 2.67. The van der Waals surface area contributed by atoms with Crippen molar-refractivity contribution in [3.63, 3.8) is 0 Å². The summed E-state index contributed by atoms with van der Waals surface area (Å²) in [6, 6.07) is 0.841. The van der Waals surface area contributed by atoms with Gasteiger partial charge in [-0.25, -0.2) is 0 Å². The average Bonchev–Trinajstić information content (AvgIpc) is 2.20. The number of nitrogens with zero attached hydrogens (tertiary/aromatic N) is 1. The highest BCUT2D eigenvalue weighted by molar-refractivity contribution is 7.80. The van der Waals surface area contributed by atoms with Crippen molar-refractivity contribution in [3.8, 4) is 0 Å². The molecule has 2 heteroatoms. The van der Waals surface area contributed by atoms with Crippen LogP contribution in [-0.2, 0) is 0 Å². The molecule has 1 aliphatic rings. The standard InChI is InChI=1S/C12H25NS/c1-12-8-4-6-10-13(12)9-5-2-3-7-11-14/h12,14H,2-11H2,1H3. The Morgan fingerprint density at radius 2 is 1.93 bits per heavy atom. The Balaban J connectivity index is 1.99. The predicted molar refractivity (Wildman–Crippen MR) is 67.2 cm³/mol. The van der Waals surface area contributed by atoms with E-state index in [1.165, 1.54) is 58.0 Å². The van der Waals surface area contributed by atoms with E-state index in [1.54, 1.807) is 0 Å². The molecular formula is C12H25NS. The molecule has 1 fully saturated rings. The van der Waals surface area contributed by atoms with E-state index in [9.17, 15) is 0 Å². The van der Waals surface area contributed by atoms with Crippen LogP contribution in [0.3, 0.4) is 0 Å². The number of unbranched alkanes of at least 4 members (excludes halogenated alkanes) is 3. The summed E-state index contributed by atoms with van der Waals surface area (Å²) >= 11 is 4.23. The summed E-state index contributed by atoms with van der Waals surface area (Å²) in [6.45, 7) is 5.05. The molecule has 84 valence electrons. The number of hydrogen-bond donors (Lipinski definition) is 1. The Kier molecular flexibility index (Phi) is 6.70. The summed E-state index contributed by atoms with van der Waals surface area (Å²) in [6.07, 6.45) is 9.71. The third-order valence-corrected chi connectivity index (χ3v) is 3.61. The van der Waals surface area contributed by atoms with Crippen LogP contribution in [0.1, 0.15) is 51.9 Å². The normalized spacial score (nSPS) is 24.0. The molecule has 1 aliphatic heterocycles. The third kappa shape index (κ3) is 4.70. The van der Waals surface area contributed by atoms with Crippen LogP contribution >= 0.6 is 12.6 Å². The first kappa shape index (κ1) is 12.4. The largest absolute Gasteiger partial charge is 0.301 e. The van der Waals surface area contributed by atoms with Gasteiger partial charge in [0.2, 0.25) is 0 Å². The van der Waals surface area contributed by atoms with Gasteiger partial charge in [-0.05, 0) is 51.4 Å². The minimum absolute atomic E-state index is 0.841. The number of hydrogen-bond acceptors (Lipinski definition) is 2. The highest BCUT2D eigenvalue weighted by Gasteiger charge is 2.16. The third-order valence-electron chi connectivity index (χ3n) is 3.29. The van der Waals surface area contributed by atoms with E-state index < -0.39 is 0 Å². The zero-order valence-electron chi connectivity index (χ0n) is 9.54. The molecule has 0 saturated carbocycles. The van der Waals surface area contributed by atoms with Crippen molar-refractivity contribution in [2.24, 2.45) is 0 Å². The second-order valence-electron chi connectivity index (χ2n) is 4.52. The molecule has 0 amide bonds. The van der Waals surface area contributed by atoms with Crippen molar-refractivity contribution in [1.29, 1.82) is 0 Å². The van der Waals surface area contributed by atoms with E-state index in [0.29, 0.717) is 0 Å². The Morgan fingerprint density at radius 1 is 1.14 bits per heavy atom. The van der Waals surface area contributed by atoms with Crippen LogP contribution < -0.4 is 0 Å². The van der Waals surface area contributed by atoms with E-state index in [2.05, 4.69) is 24.5 Å².